The van der Waals surface area contributed by atoms with Crippen LogP contribution in [0.5, 0.6) is 11.5 Å². The van der Waals surface area contributed by atoms with Gasteiger partial charge in [0.1, 0.15) is 11.5 Å². The molecule has 1 aromatic carbocycles. The van der Waals surface area contributed by atoms with Gasteiger partial charge in [0.2, 0.25) is 17.7 Å². The largest absolute Gasteiger partial charge is 0.497 e. The Bertz CT molecular complexity index is 739. The Morgan fingerprint density at radius 3 is 2.36 bits per heavy atom. The van der Waals surface area contributed by atoms with Gasteiger partial charge in [-0.1, -0.05) is 12.8 Å². The highest BCUT2D eigenvalue weighted by Gasteiger charge is 2.47. The van der Waals surface area contributed by atoms with E-state index in [2.05, 4.69) is 5.32 Å². The van der Waals surface area contributed by atoms with Crippen LogP contribution in [-0.2, 0) is 14.4 Å². The molecule has 1 saturated heterocycles. The van der Waals surface area contributed by atoms with E-state index in [4.69, 9.17) is 9.47 Å². The molecule has 2 fully saturated rings. The van der Waals surface area contributed by atoms with Gasteiger partial charge in [-0.15, -0.1) is 0 Å². The van der Waals surface area contributed by atoms with Crippen LogP contribution in [0.3, 0.4) is 0 Å². The molecule has 1 heterocycles. The van der Waals surface area contributed by atoms with Crippen LogP contribution in [0.1, 0.15) is 50.6 Å². The van der Waals surface area contributed by atoms with E-state index < -0.39 is 0 Å². The van der Waals surface area contributed by atoms with E-state index >= 15 is 0 Å². The van der Waals surface area contributed by atoms with Gasteiger partial charge in [-0.2, -0.15) is 0 Å². The number of hydrogen-bond acceptors (Lipinski definition) is 5. The summed E-state index contributed by atoms with van der Waals surface area (Å²) in [5.74, 6) is 0.548. The van der Waals surface area contributed by atoms with Gasteiger partial charge in [-0.05, 0) is 38.0 Å². The molecule has 0 unspecified atom stereocenters. The zero-order valence-corrected chi connectivity index (χ0v) is 16.7. The molecule has 7 nitrogen and oxygen atoms in total. The average Bonchev–Trinajstić information content (AvgIpc) is 2.96. The van der Waals surface area contributed by atoms with E-state index in [1.165, 1.54) is 4.90 Å². The number of nitrogens with one attached hydrogen (secondary N) is 1. The normalized spacial score (nSPS) is 22.6. The topological polar surface area (TPSA) is 84.9 Å². The lowest BCUT2D eigenvalue weighted by Crippen LogP contribution is -2.36. The Morgan fingerprint density at radius 1 is 1.14 bits per heavy atom. The minimum absolute atomic E-state index is 0.0908. The van der Waals surface area contributed by atoms with Crippen LogP contribution in [0.25, 0.3) is 0 Å². The molecule has 1 aliphatic heterocycles. The number of nitrogens with zero attached hydrogens (tertiary/aromatic N) is 1. The van der Waals surface area contributed by atoms with Crippen LogP contribution < -0.4 is 14.8 Å². The fraction of sp³-hybridized carbons (Fsp3) is 0.571. The number of ether oxygens (including phenoxy) is 2. The van der Waals surface area contributed by atoms with Gasteiger partial charge >= 0.3 is 0 Å². The number of likely N-dealkylation sites (tertiary alicyclic amines) is 1. The first-order valence-corrected chi connectivity index (χ1v) is 9.82. The molecule has 1 aromatic rings. The minimum Gasteiger partial charge on any atom is -0.497 e. The van der Waals surface area contributed by atoms with Gasteiger partial charge in [0.05, 0.1) is 32.1 Å². The third-order valence-electron chi connectivity index (χ3n) is 5.78. The molecular weight excluding hydrogens is 360 g/mol. The van der Waals surface area contributed by atoms with Crippen molar-refractivity contribution in [1.82, 2.24) is 10.2 Å². The number of benzene rings is 1. The summed E-state index contributed by atoms with van der Waals surface area (Å²) in [6.45, 7) is 1.99. The second kappa shape index (κ2) is 8.63. The Kier molecular flexibility index (Phi) is 6.21. The monoisotopic (exact) mass is 388 g/mol. The molecule has 7 heteroatoms. The molecule has 1 N–H and O–H groups in total. The number of amides is 3. The SMILES string of the molecule is COc1ccc(OC)c([C@H](C)NC(=O)CCN2C(=O)[C@H]3CCCC[C@H]3C2=O)c1. The maximum absolute atomic E-state index is 12.5. The smallest absolute Gasteiger partial charge is 0.233 e. The van der Waals surface area contributed by atoms with Crippen LogP contribution >= 0.6 is 0 Å². The van der Waals surface area contributed by atoms with Crippen LogP contribution in [-0.4, -0.2) is 43.4 Å². The zero-order chi connectivity index (χ0) is 20.3. The molecular formula is C21H28N2O5. The van der Waals surface area contributed by atoms with Crippen molar-refractivity contribution in [2.75, 3.05) is 20.8 Å². The fourth-order valence-corrected chi connectivity index (χ4v) is 4.23. The number of carbonyl (C=O) groups is 3. The van der Waals surface area contributed by atoms with Gasteiger partial charge < -0.3 is 14.8 Å². The first kappa shape index (κ1) is 20.2. The molecule has 0 radical (unpaired) electrons. The van der Waals surface area contributed by atoms with Gasteiger partial charge in [-0.25, -0.2) is 0 Å². The highest BCUT2D eigenvalue weighted by atomic mass is 16.5. The minimum atomic E-state index is -0.301. The second-order valence-electron chi connectivity index (χ2n) is 7.47. The number of fused-ring (bicyclic) bond motifs is 1. The summed E-state index contributed by atoms with van der Waals surface area (Å²) in [5.41, 5.74) is 0.801. The van der Waals surface area contributed by atoms with Crippen LogP contribution in [0, 0.1) is 11.8 Å². The molecule has 0 spiro atoms. The fourth-order valence-electron chi connectivity index (χ4n) is 4.23. The zero-order valence-electron chi connectivity index (χ0n) is 16.7. The van der Waals surface area contributed by atoms with E-state index in [-0.39, 0.29) is 48.6 Å². The quantitative estimate of drug-likeness (QED) is 0.725. The van der Waals surface area contributed by atoms with E-state index in [0.29, 0.717) is 11.5 Å². The molecule has 3 atom stereocenters. The molecule has 0 aromatic heterocycles. The van der Waals surface area contributed by atoms with Gasteiger partial charge in [0, 0.05) is 18.5 Å². The summed E-state index contributed by atoms with van der Waals surface area (Å²) in [5, 5.41) is 2.91. The highest BCUT2D eigenvalue weighted by molar-refractivity contribution is 6.05. The van der Waals surface area contributed by atoms with Crippen molar-refractivity contribution in [3.05, 3.63) is 23.8 Å². The van der Waals surface area contributed by atoms with E-state index in [1.54, 1.807) is 26.4 Å². The highest BCUT2D eigenvalue weighted by Crippen LogP contribution is 2.38. The van der Waals surface area contributed by atoms with Crippen molar-refractivity contribution in [2.45, 2.75) is 45.1 Å². The molecule has 1 saturated carbocycles. The van der Waals surface area contributed by atoms with Crippen molar-refractivity contribution in [3.63, 3.8) is 0 Å². The first-order valence-electron chi connectivity index (χ1n) is 9.82. The molecule has 2 aliphatic rings. The van der Waals surface area contributed by atoms with Gasteiger partial charge in [-0.3, -0.25) is 19.3 Å². The summed E-state index contributed by atoms with van der Waals surface area (Å²) >= 11 is 0. The van der Waals surface area contributed by atoms with E-state index in [0.717, 1.165) is 31.2 Å². The summed E-state index contributed by atoms with van der Waals surface area (Å²) in [4.78, 5) is 38.7. The van der Waals surface area contributed by atoms with Crippen molar-refractivity contribution < 1.29 is 23.9 Å². The number of carbonyl (C=O) groups excluding carboxylic acids is 3. The summed E-state index contributed by atoms with van der Waals surface area (Å²) < 4.78 is 10.6. The molecule has 0 bridgehead atoms. The molecule has 3 amide bonds. The third kappa shape index (κ3) is 3.98. The lowest BCUT2D eigenvalue weighted by molar-refractivity contribution is -0.140. The molecule has 3 rings (SSSR count). The van der Waals surface area contributed by atoms with Crippen molar-refractivity contribution in [3.8, 4) is 11.5 Å². The molecule has 28 heavy (non-hydrogen) atoms. The predicted octanol–water partition coefficient (Wildman–Crippen LogP) is 2.45. The number of rotatable bonds is 7. The lowest BCUT2D eigenvalue weighted by atomic mass is 9.81. The maximum atomic E-state index is 12.5. The molecule has 152 valence electrons. The second-order valence-corrected chi connectivity index (χ2v) is 7.47. The Balaban J connectivity index is 1.59. The van der Waals surface area contributed by atoms with Crippen LogP contribution in [0.15, 0.2) is 18.2 Å². The summed E-state index contributed by atoms with van der Waals surface area (Å²) in [6.07, 6.45) is 3.64. The van der Waals surface area contributed by atoms with Crippen molar-refractivity contribution >= 4 is 17.7 Å². The standard InChI is InChI=1S/C21H28N2O5/c1-13(17-12-14(27-2)8-9-18(17)28-3)22-19(24)10-11-23-20(25)15-6-4-5-7-16(15)21(23)26/h8-9,12-13,15-16H,4-7,10-11H2,1-3H3,(H,22,24)/t13-,15-,16+/m0/s1. The van der Waals surface area contributed by atoms with Gasteiger partial charge in [0.25, 0.3) is 0 Å². The maximum Gasteiger partial charge on any atom is 0.233 e. The lowest BCUT2D eigenvalue weighted by Gasteiger charge is -2.19. The summed E-state index contributed by atoms with van der Waals surface area (Å²) in [7, 11) is 3.15. The summed E-state index contributed by atoms with van der Waals surface area (Å²) in [6, 6.07) is 5.10. The van der Waals surface area contributed by atoms with Crippen molar-refractivity contribution in [1.29, 1.82) is 0 Å². The first-order chi connectivity index (χ1) is 13.5. The van der Waals surface area contributed by atoms with Crippen LogP contribution in [0.2, 0.25) is 0 Å². The Labute approximate surface area is 165 Å². The Morgan fingerprint density at radius 2 is 1.79 bits per heavy atom. The van der Waals surface area contributed by atoms with E-state index in [1.807, 2.05) is 13.0 Å². The average molecular weight is 388 g/mol. The number of methoxy groups -OCH3 is 2. The number of hydrogen-bond donors (Lipinski definition) is 1. The Hall–Kier alpha value is -2.57. The van der Waals surface area contributed by atoms with Gasteiger partial charge in [0.15, 0.2) is 0 Å². The third-order valence-corrected chi connectivity index (χ3v) is 5.78. The van der Waals surface area contributed by atoms with Crippen LogP contribution in [0.4, 0.5) is 0 Å². The number of imide groups is 1. The van der Waals surface area contributed by atoms with Crippen molar-refractivity contribution in [2.24, 2.45) is 11.8 Å². The predicted molar refractivity (Wildman–Crippen MR) is 103 cm³/mol. The van der Waals surface area contributed by atoms with E-state index in [9.17, 15) is 14.4 Å². The molecule has 1 aliphatic carbocycles.